The molecule has 1 aromatic heterocycles. The molecule has 2 nitrogen and oxygen atoms in total. The normalized spacial score (nSPS) is 13.0. The van der Waals surface area contributed by atoms with Crippen LogP contribution >= 0.6 is 0 Å². The standard InChI is InChI=1S/C15H11F4NO/c1-9(10-4-6-20-7-5-10)14(21)11-2-3-13(16)12(8-11)15(17,18)19/h2-9H,1H3. The summed E-state index contributed by atoms with van der Waals surface area (Å²) < 4.78 is 51.2. The van der Waals surface area contributed by atoms with E-state index in [1.807, 2.05) is 0 Å². The predicted octanol–water partition coefficient (Wildman–Crippen LogP) is 4.23. The fourth-order valence-electron chi connectivity index (χ4n) is 1.95. The zero-order valence-electron chi connectivity index (χ0n) is 11.0. The van der Waals surface area contributed by atoms with Crippen LogP contribution < -0.4 is 0 Å². The number of aromatic nitrogens is 1. The van der Waals surface area contributed by atoms with Crippen LogP contribution in [-0.4, -0.2) is 10.8 Å². The van der Waals surface area contributed by atoms with E-state index in [1.54, 1.807) is 19.1 Å². The summed E-state index contributed by atoms with van der Waals surface area (Å²) >= 11 is 0. The molecule has 110 valence electrons. The Morgan fingerprint density at radius 3 is 2.33 bits per heavy atom. The lowest BCUT2D eigenvalue weighted by Gasteiger charge is -2.13. The number of hydrogen-bond donors (Lipinski definition) is 0. The van der Waals surface area contributed by atoms with Crippen LogP contribution in [0.3, 0.4) is 0 Å². The minimum atomic E-state index is -4.83. The SMILES string of the molecule is CC(C(=O)c1ccc(F)c(C(F)(F)F)c1)c1ccncc1. The molecular formula is C15H11F4NO. The molecular weight excluding hydrogens is 286 g/mol. The molecule has 0 aliphatic rings. The van der Waals surface area contributed by atoms with Gasteiger partial charge in [0.05, 0.1) is 5.56 Å². The Morgan fingerprint density at radius 2 is 1.76 bits per heavy atom. The van der Waals surface area contributed by atoms with Gasteiger partial charge in [0.1, 0.15) is 5.82 Å². The average molecular weight is 297 g/mol. The number of carbonyl (C=O) groups is 1. The zero-order chi connectivity index (χ0) is 15.6. The van der Waals surface area contributed by atoms with Crippen LogP contribution in [-0.2, 0) is 6.18 Å². The molecule has 1 unspecified atom stereocenters. The first-order valence-electron chi connectivity index (χ1n) is 6.11. The molecule has 0 amide bonds. The molecule has 0 saturated heterocycles. The lowest BCUT2D eigenvalue weighted by Crippen LogP contribution is -2.13. The summed E-state index contributed by atoms with van der Waals surface area (Å²) in [6, 6.07) is 5.49. The molecule has 0 aliphatic heterocycles. The van der Waals surface area contributed by atoms with E-state index in [9.17, 15) is 22.4 Å². The molecule has 0 aliphatic carbocycles. The second-order valence-electron chi connectivity index (χ2n) is 4.56. The van der Waals surface area contributed by atoms with Gasteiger partial charge >= 0.3 is 6.18 Å². The van der Waals surface area contributed by atoms with Gasteiger partial charge in [-0.05, 0) is 35.9 Å². The molecule has 1 atom stereocenters. The van der Waals surface area contributed by atoms with Gasteiger partial charge in [-0.15, -0.1) is 0 Å². The number of nitrogens with zero attached hydrogens (tertiary/aromatic N) is 1. The first-order chi connectivity index (χ1) is 9.80. The molecule has 0 radical (unpaired) electrons. The largest absolute Gasteiger partial charge is 0.419 e. The summed E-state index contributed by atoms with van der Waals surface area (Å²) in [6.07, 6.45) is -1.85. The van der Waals surface area contributed by atoms with E-state index in [2.05, 4.69) is 4.98 Å². The van der Waals surface area contributed by atoms with Crippen molar-refractivity contribution in [3.8, 4) is 0 Å². The van der Waals surface area contributed by atoms with Crippen molar-refractivity contribution >= 4 is 5.78 Å². The third-order valence-corrected chi connectivity index (χ3v) is 3.16. The van der Waals surface area contributed by atoms with Gasteiger partial charge in [-0.2, -0.15) is 13.2 Å². The zero-order valence-corrected chi connectivity index (χ0v) is 11.0. The number of hydrogen-bond acceptors (Lipinski definition) is 2. The third-order valence-electron chi connectivity index (χ3n) is 3.16. The summed E-state index contributed by atoms with van der Waals surface area (Å²) in [4.78, 5) is 16.0. The summed E-state index contributed by atoms with van der Waals surface area (Å²) in [7, 11) is 0. The van der Waals surface area contributed by atoms with Gasteiger partial charge in [0.15, 0.2) is 5.78 Å². The molecule has 0 saturated carbocycles. The second-order valence-corrected chi connectivity index (χ2v) is 4.56. The van der Waals surface area contributed by atoms with Crippen LogP contribution in [0.1, 0.15) is 34.3 Å². The monoisotopic (exact) mass is 297 g/mol. The summed E-state index contributed by atoms with van der Waals surface area (Å²) in [5.41, 5.74) is -0.976. The molecule has 0 bridgehead atoms. The lowest BCUT2D eigenvalue weighted by molar-refractivity contribution is -0.140. The Hall–Kier alpha value is -2.24. The molecule has 2 rings (SSSR count). The van der Waals surface area contributed by atoms with Crippen LogP contribution in [0.4, 0.5) is 17.6 Å². The third kappa shape index (κ3) is 3.26. The van der Waals surface area contributed by atoms with Crippen molar-refractivity contribution in [2.24, 2.45) is 0 Å². The number of ketones is 1. The van der Waals surface area contributed by atoms with Gasteiger partial charge < -0.3 is 0 Å². The van der Waals surface area contributed by atoms with Crippen molar-refractivity contribution in [2.45, 2.75) is 19.0 Å². The maximum absolute atomic E-state index is 13.2. The van der Waals surface area contributed by atoms with Gasteiger partial charge in [-0.25, -0.2) is 4.39 Å². The quantitative estimate of drug-likeness (QED) is 0.627. The second kappa shape index (κ2) is 5.63. The molecule has 1 aromatic carbocycles. The summed E-state index contributed by atoms with van der Waals surface area (Å²) in [5, 5.41) is 0. The molecule has 2 aromatic rings. The number of pyridine rings is 1. The Balaban J connectivity index is 2.36. The van der Waals surface area contributed by atoms with Crippen molar-refractivity contribution in [1.29, 1.82) is 0 Å². The number of Topliss-reactive ketones (excluding diaryl/α,β-unsaturated/α-hetero) is 1. The first-order valence-corrected chi connectivity index (χ1v) is 6.11. The van der Waals surface area contributed by atoms with Crippen LogP contribution in [0.15, 0.2) is 42.7 Å². The Labute approximate surface area is 118 Å². The van der Waals surface area contributed by atoms with Crippen molar-refractivity contribution in [3.63, 3.8) is 0 Å². The fraction of sp³-hybridized carbons (Fsp3) is 0.200. The topological polar surface area (TPSA) is 30.0 Å². The number of carbonyl (C=O) groups excluding carboxylic acids is 1. The highest BCUT2D eigenvalue weighted by Crippen LogP contribution is 2.32. The fourth-order valence-corrected chi connectivity index (χ4v) is 1.95. The van der Waals surface area contributed by atoms with E-state index < -0.39 is 29.3 Å². The van der Waals surface area contributed by atoms with E-state index in [-0.39, 0.29) is 5.56 Å². The summed E-state index contributed by atoms with van der Waals surface area (Å²) in [5.74, 6) is -2.54. The molecule has 0 fully saturated rings. The number of alkyl halides is 3. The number of rotatable bonds is 3. The van der Waals surface area contributed by atoms with Crippen LogP contribution in [0.25, 0.3) is 0 Å². The van der Waals surface area contributed by atoms with Gasteiger partial charge in [0.25, 0.3) is 0 Å². The van der Waals surface area contributed by atoms with Crippen LogP contribution in [0.5, 0.6) is 0 Å². The smallest absolute Gasteiger partial charge is 0.294 e. The molecule has 21 heavy (non-hydrogen) atoms. The number of halogens is 4. The van der Waals surface area contributed by atoms with Crippen LogP contribution in [0, 0.1) is 5.82 Å². The van der Waals surface area contributed by atoms with Crippen molar-refractivity contribution in [3.05, 3.63) is 65.2 Å². The highest BCUT2D eigenvalue weighted by atomic mass is 19.4. The lowest BCUT2D eigenvalue weighted by atomic mass is 9.92. The molecule has 0 spiro atoms. The van der Waals surface area contributed by atoms with Crippen molar-refractivity contribution in [1.82, 2.24) is 4.98 Å². The minimum absolute atomic E-state index is 0.173. The van der Waals surface area contributed by atoms with E-state index >= 15 is 0 Å². The molecule has 1 heterocycles. The van der Waals surface area contributed by atoms with E-state index in [0.29, 0.717) is 17.7 Å². The maximum Gasteiger partial charge on any atom is 0.419 e. The van der Waals surface area contributed by atoms with Gasteiger partial charge in [0, 0.05) is 23.9 Å². The van der Waals surface area contributed by atoms with Crippen molar-refractivity contribution < 1.29 is 22.4 Å². The highest BCUT2D eigenvalue weighted by molar-refractivity contribution is 6.00. The van der Waals surface area contributed by atoms with Gasteiger partial charge in [-0.1, -0.05) is 6.92 Å². The van der Waals surface area contributed by atoms with E-state index in [4.69, 9.17) is 0 Å². The van der Waals surface area contributed by atoms with Crippen LogP contribution in [0.2, 0.25) is 0 Å². The Kier molecular flexibility index (Phi) is 4.06. The number of benzene rings is 1. The highest BCUT2D eigenvalue weighted by Gasteiger charge is 2.35. The van der Waals surface area contributed by atoms with E-state index in [1.165, 1.54) is 12.4 Å². The minimum Gasteiger partial charge on any atom is -0.294 e. The first kappa shape index (κ1) is 15.2. The van der Waals surface area contributed by atoms with E-state index in [0.717, 1.165) is 6.07 Å². The average Bonchev–Trinajstić information content (AvgIpc) is 2.46. The molecule has 6 heteroatoms. The van der Waals surface area contributed by atoms with Gasteiger partial charge in [-0.3, -0.25) is 9.78 Å². The maximum atomic E-state index is 13.2. The Bertz CT molecular complexity index is 652. The predicted molar refractivity (Wildman–Crippen MR) is 68.4 cm³/mol. The summed E-state index contributed by atoms with van der Waals surface area (Å²) in [6.45, 7) is 1.58. The molecule has 0 N–H and O–H groups in total. The van der Waals surface area contributed by atoms with Gasteiger partial charge in [0.2, 0.25) is 0 Å². The van der Waals surface area contributed by atoms with Crippen molar-refractivity contribution in [2.75, 3.05) is 0 Å². The Morgan fingerprint density at radius 1 is 1.14 bits per heavy atom.